The molecule has 0 spiro atoms. The van der Waals surface area contributed by atoms with Crippen LogP contribution in [0.5, 0.6) is 17.2 Å². The molecule has 1 amide bonds. The molecular formula is C27H26N4O4. The van der Waals surface area contributed by atoms with Gasteiger partial charge in [0.15, 0.2) is 6.61 Å². The predicted molar refractivity (Wildman–Crippen MR) is 135 cm³/mol. The van der Waals surface area contributed by atoms with Gasteiger partial charge in [0.2, 0.25) is 0 Å². The van der Waals surface area contributed by atoms with Crippen LogP contribution in [0.4, 0.5) is 11.5 Å². The number of para-hydroxylation sites is 1. The maximum atomic E-state index is 11.5. The van der Waals surface area contributed by atoms with Crippen LogP contribution in [-0.2, 0) is 4.79 Å². The van der Waals surface area contributed by atoms with Gasteiger partial charge in [-0.15, -0.1) is 0 Å². The van der Waals surface area contributed by atoms with E-state index in [-0.39, 0.29) is 6.61 Å². The highest BCUT2D eigenvalue weighted by Crippen LogP contribution is 2.48. The monoisotopic (exact) mass is 470 g/mol. The Hall–Kier alpha value is -4.64. The van der Waals surface area contributed by atoms with E-state index in [1.165, 1.54) is 14.2 Å². The van der Waals surface area contributed by atoms with E-state index >= 15 is 0 Å². The summed E-state index contributed by atoms with van der Waals surface area (Å²) in [5.74, 6) is 1.21. The van der Waals surface area contributed by atoms with Gasteiger partial charge in [0.25, 0.3) is 5.91 Å². The maximum absolute atomic E-state index is 11.5. The lowest BCUT2D eigenvalue weighted by Crippen LogP contribution is -2.20. The number of methoxy groups -OCH3 is 2. The van der Waals surface area contributed by atoms with Crippen LogP contribution in [0.2, 0.25) is 0 Å². The number of amides is 1. The second kappa shape index (κ2) is 9.69. The number of nitrogens with zero attached hydrogens (tertiary/aromatic N) is 2. The summed E-state index contributed by atoms with van der Waals surface area (Å²) in [5.41, 5.74) is 10.6. The summed E-state index contributed by atoms with van der Waals surface area (Å²) < 4.78 is 18.8. The molecule has 4 rings (SSSR count). The number of anilines is 2. The molecule has 4 aromatic rings. The molecule has 2 aromatic heterocycles. The lowest BCUT2D eigenvalue weighted by atomic mass is 9.99. The Morgan fingerprint density at radius 1 is 1.03 bits per heavy atom. The Balaban J connectivity index is 2.09. The number of nitrogens with one attached hydrogen (secondary N) is 1. The topological polar surface area (TPSA) is 111 Å². The summed E-state index contributed by atoms with van der Waals surface area (Å²) in [6.07, 6.45) is 1.88. The van der Waals surface area contributed by atoms with Crippen LogP contribution in [0.1, 0.15) is 16.7 Å². The van der Waals surface area contributed by atoms with Crippen LogP contribution in [0, 0.1) is 25.2 Å². The van der Waals surface area contributed by atoms with Gasteiger partial charge in [-0.3, -0.25) is 4.79 Å². The highest BCUT2D eigenvalue weighted by Gasteiger charge is 2.27. The van der Waals surface area contributed by atoms with Crippen molar-refractivity contribution in [3.63, 3.8) is 0 Å². The zero-order chi connectivity index (χ0) is 25.1. The summed E-state index contributed by atoms with van der Waals surface area (Å²) in [5, 5.41) is 13.8. The summed E-state index contributed by atoms with van der Waals surface area (Å²) in [6.45, 7) is 3.69. The van der Waals surface area contributed by atoms with Gasteiger partial charge in [-0.05, 0) is 37.1 Å². The smallest absolute Gasteiger partial charge is 0.255 e. The van der Waals surface area contributed by atoms with Crippen LogP contribution >= 0.6 is 0 Å². The second-order valence-electron chi connectivity index (χ2n) is 8.02. The first kappa shape index (κ1) is 23.5. The number of carbonyl (C=O) groups excluding carboxylic acids is 1. The van der Waals surface area contributed by atoms with Crippen LogP contribution in [0.25, 0.3) is 16.6 Å². The standard InChI is InChI=1S/C27H26N4O4/c1-16-8-7-9-17(2)26(16)30-27-24(19(14-28)20-10-5-6-11-31(20)27)25-21(34-4)12-18(33-3)13-22(25)35-15-23(29)32/h5-13,30H,15H2,1-4H3,(H2,29,32). The Morgan fingerprint density at radius 2 is 1.74 bits per heavy atom. The third-order valence-electron chi connectivity index (χ3n) is 5.80. The molecular weight excluding hydrogens is 444 g/mol. The number of aryl methyl sites for hydroxylation is 2. The highest BCUT2D eigenvalue weighted by molar-refractivity contribution is 5.97. The van der Waals surface area contributed by atoms with E-state index in [9.17, 15) is 10.1 Å². The zero-order valence-corrected chi connectivity index (χ0v) is 20.0. The molecule has 0 unspecified atom stereocenters. The minimum absolute atomic E-state index is 0.303. The first-order chi connectivity index (χ1) is 16.9. The van der Waals surface area contributed by atoms with Crippen molar-refractivity contribution in [2.75, 3.05) is 26.1 Å². The molecule has 0 bridgehead atoms. The van der Waals surface area contributed by atoms with Gasteiger partial charge in [-0.2, -0.15) is 5.26 Å². The first-order valence-electron chi connectivity index (χ1n) is 10.9. The van der Waals surface area contributed by atoms with Gasteiger partial charge in [0.05, 0.1) is 36.4 Å². The third kappa shape index (κ3) is 4.32. The molecule has 2 heterocycles. The molecule has 0 fully saturated rings. The van der Waals surface area contributed by atoms with Gasteiger partial charge in [0, 0.05) is 24.0 Å². The van der Waals surface area contributed by atoms with Gasteiger partial charge < -0.3 is 29.7 Å². The second-order valence-corrected chi connectivity index (χ2v) is 8.02. The number of nitrogens with two attached hydrogens (primary N) is 1. The molecule has 0 radical (unpaired) electrons. The number of benzene rings is 2. The number of carbonyl (C=O) groups is 1. The van der Waals surface area contributed by atoms with Gasteiger partial charge in [0.1, 0.15) is 29.1 Å². The van der Waals surface area contributed by atoms with Crippen LogP contribution in [0.15, 0.2) is 54.7 Å². The SMILES string of the molecule is COc1cc(OC)c(-c2c(C#N)c3ccccn3c2Nc2c(C)cccc2C)c(OCC(N)=O)c1. The molecule has 8 nitrogen and oxygen atoms in total. The van der Waals surface area contributed by atoms with Gasteiger partial charge in [-0.1, -0.05) is 24.3 Å². The van der Waals surface area contributed by atoms with E-state index < -0.39 is 5.91 Å². The quantitative estimate of drug-likeness (QED) is 0.385. The van der Waals surface area contributed by atoms with Crippen molar-refractivity contribution >= 4 is 22.9 Å². The van der Waals surface area contributed by atoms with E-state index in [0.29, 0.717) is 45.3 Å². The van der Waals surface area contributed by atoms with E-state index in [4.69, 9.17) is 19.9 Å². The molecule has 2 aromatic carbocycles. The number of rotatable bonds is 8. The number of pyridine rings is 1. The Bertz CT molecular complexity index is 1450. The van der Waals surface area contributed by atoms with Crippen molar-refractivity contribution < 1.29 is 19.0 Å². The van der Waals surface area contributed by atoms with Crippen molar-refractivity contribution in [3.05, 3.63) is 71.4 Å². The van der Waals surface area contributed by atoms with E-state index in [2.05, 4.69) is 11.4 Å². The van der Waals surface area contributed by atoms with E-state index in [0.717, 1.165) is 16.8 Å². The molecule has 0 aliphatic rings. The minimum Gasteiger partial charge on any atom is -0.496 e. The number of primary amides is 1. The summed E-state index contributed by atoms with van der Waals surface area (Å²) in [4.78, 5) is 11.5. The van der Waals surface area contributed by atoms with Crippen LogP contribution in [0.3, 0.4) is 0 Å². The number of nitriles is 1. The number of ether oxygens (including phenoxy) is 3. The van der Waals surface area contributed by atoms with Crippen molar-refractivity contribution in [2.24, 2.45) is 5.73 Å². The van der Waals surface area contributed by atoms with Crippen molar-refractivity contribution in [1.29, 1.82) is 5.26 Å². The molecule has 3 N–H and O–H groups in total. The number of fused-ring (bicyclic) bond motifs is 1. The van der Waals surface area contributed by atoms with Gasteiger partial charge >= 0.3 is 0 Å². The molecule has 0 saturated carbocycles. The molecule has 178 valence electrons. The average Bonchev–Trinajstić information content (AvgIpc) is 3.17. The average molecular weight is 471 g/mol. The Morgan fingerprint density at radius 3 is 2.37 bits per heavy atom. The molecule has 0 aliphatic heterocycles. The summed E-state index contributed by atoms with van der Waals surface area (Å²) in [6, 6.07) is 17.4. The molecule has 0 atom stereocenters. The fraction of sp³-hybridized carbons (Fsp3) is 0.185. The molecule has 8 heteroatoms. The van der Waals surface area contributed by atoms with Crippen LogP contribution in [-0.4, -0.2) is 31.1 Å². The fourth-order valence-corrected chi connectivity index (χ4v) is 4.17. The number of hydrogen-bond donors (Lipinski definition) is 2. The van der Waals surface area contributed by atoms with E-state index in [1.807, 2.05) is 60.8 Å². The highest BCUT2D eigenvalue weighted by atomic mass is 16.5. The Labute approximate surface area is 203 Å². The zero-order valence-electron chi connectivity index (χ0n) is 20.0. The normalized spacial score (nSPS) is 10.6. The molecule has 0 saturated heterocycles. The van der Waals surface area contributed by atoms with E-state index in [1.54, 1.807) is 12.1 Å². The third-order valence-corrected chi connectivity index (χ3v) is 5.80. The molecule has 35 heavy (non-hydrogen) atoms. The Kier molecular flexibility index (Phi) is 6.51. The number of hydrogen-bond acceptors (Lipinski definition) is 6. The maximum Gasteiger partial charge on any atom is 0.255 e. The largest absolute Gasteiger partial charge is 0.496 e. The number of aromatic nitrogens is 1. The van der Waals surface area contributed by atoms with Gasteiger partial charge in [-0.25, -0.2) is 0 Å². The fourth-order valence-electron chi connectivity index (χ4n) is 4.17. The summed E-state index contributed by atoms with van der Waals surface area (Å²) in [7, 11) is 3.05. The molecule has 0 aliphatic carbocycles. The predicted octanol–water partition coefficient (Wildman–Crippen LogP) is 4.72. The van der Waals surface area contributed by atoms with Crippen LogP contribution < -0.4 is 25.3 Å². The van der Waals surface area contributed by atoms with Crippen molar-refractivity contribution in [1.82, 2.24) is 4.40 Å². The lowest BCUT2D eigenvalue weighted by molar-refractivity contribution is -0.119. The van der Waals surface area contributed by atoms with Crippen molar-refractivity contribution in [3.8, 4) is 34.4 Å². The minimum atomic E-state index is -0.630. The lowest BCUT2D eigenvalue weighted by Gasteiger charge is -2.19. The van der Waals surface area contributed by atoms with Crippen molar-refractivity contribution in [2.45, 2.75) is 13.8 Å². The first-order valence-corrected chi connectivity index (χ1v) is 10.9. The summed E-state index contributed by atoms with van der Waals surface area (Å²) >= 11 is 0.